The first-order valence-corrected chi connectivity index (χ1v) is 14.4. The van der Waals surface area contributed by atoms with Crippen molar-refractivity contribution in [2.75, 3.05) is 30.4 Å². The first-order valence-electron chi connectivity index (χ1n) is 14.4. The molecule has 6 rings (SSSR count). The number of carbonyl (C=O) groups excluding carboxylic acids is 2. The van der Waals surface area contributed by atoms with Gasteiger partial charge in [0, 0.05) is 43.0 Å². The molecule has 4 aromatic carbocycles. The number of fused-ring (bicyclic) bond motifs is 1. The second-order valence-corrected chi connectivity index (χ2v) is 11.1. The van der Waals surface area contributed by atoms with Crippen molar-refractivity contribution < 1.29 is 23.9 Å². The van der Waals surface area contributed by atoms with Crippen molar-refractivity contribution in [3.05, 3.63) is 119 Å². The first kappa shape index (κ1) is 28.7. The van der Waals surface area contributed by atoms with Crippen LogP contribution in [0.25, 0.3) is 11.1 Å². The van der Waals surface area contributed by atoms with Gasteiger partial charge in [-0.3, -0.25) is 14.4 Å². The number of amides is 2. The van der Waals surface area contributed by atoms with Gasteiger partial charge in [0.15, 0.2) is 5.58 Å². The van der Waals surface area contributed by atoms with Crippen LogP contribution in [0.4, 0.5) is 17.4 Å². The minimum atomic E-state index is -0.934. The summed E-state index contributed by atoms with van der Waals surface area (Å²) < 4.78 is 5.92. The lowest BCUT2D eigenvalue weighted by Crippen LogP contribution is -2.29. The van der Waals surface area contributed by atoms with Gasteiger partial charge < -0.3 is 24.6 Å². The number of aromatic nitrogens is 1. The molecule has 2 unspecified atom stereocenters. The van der Waals surface area contributed by atoms with Crippen LogP contribution in [-0.4, -0.2) is 52.9 Å². The summed E-state index contributed by atoms with van der Waals surface area (Å²) in [5.41, 5.74) is 6.09. The molecule has 1 fully saturated rings. The molecular weight excluding hydrogens is 556 g/mol. The number of nitrogens with zero attached hydrogens (tertiary/aromatic N) is 3. The van der Waals surface area contributed by atoms with E-state index in [9.17, 15) is 19.5 Å². The van der Waals surface area contributed by atoms with E-state index in [1.165, 1.54) is 0 Å². The van der Waals surface area contributed by atoms with Crippen molar-refractivity contribution in [2.24, 2.45) is 5.92 Å². The van der Waals surface area contributed by atoms with Gasteiger partial charge in [-0.2, -0.15) is 4.98 Å². The molecule has 0 spiro atoms. The summed E-state index contributed by atoms with van der Waals surface area (Å²) in [6, 6.07) is 30.0. The van der Waals surface area contributed by atoms with Crippen molar-refractivity contribution in [1.82, 2.24) is 9.88 Å². The molecule has 222 valence electrons. The summed E-state index contributed by atoms with van der Waals surface area (Å²) in [5.74, 6) is -2.29. The molecule has 9 nitrogen and oxygen atoms in total. The van der Waals surface area contributed by atoms with Gasteiger partial charge in [0.1, 0.15) is 5.52 Å². The maximum Gasteiger partial charge on any atom is 0.308 e. The molecule has 2 heterocycles. The van der Waals surface area contributed by atoms with Gasteiger partial charge >= 0.3 is 5.97 Å². The molecule has 2 atom stereocenters. The number of nitrogens with one attached hydrogen (secondary N) is 1. The Morgan fingerprint density at radius 3 is 2.41 bits per heavy atom. The van der Waals surface area contributed by atoms with Gasteiger partial charge in [-0.1, -0.05) is 54.6 Å². The zero-order valence-corrected chi connectivity index (χ0v) is 24.4. The monoisotopic (exact) mass is 588 g/mol. The zero-order chi connectivity index (χ0) is 30.8. The summed E-state index contributed by atoms with van der Waals surface area (Å²) in [4.78, 5) is 46.0. The quantitative estimate of drug-likeness (QED) is 0.228. The summed E-state index contributed by atoms with van der Waals surface area (Å²) in [6.07, 6.45) is 0.162. The van der Waals surface area contributed by atoms with Crippen LogP contribution >= 0.6 is 0 Å². The van der Waals surface area contributed by atoms with E-state index >= 15 is 0 Å². The van der Waals surface area contributed by atoms with E-state index < -0.39 is 11.9 Å². The fourth-order valence-corrected chi connectivity index (χ4v) is 5.66. The second kappa shape index (κ2) is 12.0. The van der Waals surface area contributed by atoms with E-state index in [4.69, 9.17) is 4.42 Å². The molecule has 0 bridgehead atoms. The van der Waals surface area contributed by atoms with Gasteiger partial charge in [0.05, 0.1) is 12.3 Å². The van der Waals surface area contributed by atoms with Crippen LogP contribution in [0.5, 0.6) is 0 Å². The number of aryl methyl sites for hydroxylation is 1. The van der Waals surface area contributed by atoms with Crippen LogP contribution in [0.3, 0.4) is 0 Å². The van der Waals surface area contributed by atoms with Crippen molar-refractivity contribution in [3.8, 4) is 0 Å². The Labute approximate surface area is 254 Å². The van der Waals surface area contributed by atoms with Crippen molar-refractivity contribution in [3.63, 3.8) is 0 Å². The molecule has 1 aromatic heterocycles. The highest BCUT2D eigenvalue weighted by Crippen LogP contribution is 2.35. The van der Waals surface area contributed by atoms with E-state index in [0.717, 1.165) is 22.4 Å². The van der Waals surface area contributed by atoms with E-state index in [-0.39, 0.29) is 30.7 Å². The Kier molecular flexibility index (Phi) is 7.85. The number of benzene rings is 4. The number of oxazole rings is 1. The number of hydrogen-bond donors (Lipinski definition) is 2. The van der Waals surface area contributed by atoms with Gasteiger partial charge in [0.2, 0.25) is 5.91 Å². The van der Waals surface area contributed by atoms with Crippen molar-refractivity contribution in [1.29, 1.82) is 0 Å². The topological polar surface area (TPSA) is 116 Å². The van der Waals surface area contributed by atoms with E-state index in [1.807, 2.05) is 79.7 Å². The molecule has 0 radical (unpaired) electrons. The maximum atomic E-state index is 13.2. The fourth-order valence-electron chi connectivity index (χ4n) is 5.66. The Bertz CT molecular complexity index is 1830. The highest BCUT2D eigenvalue weighted by Gasteiger charge is 2.40. The standard InChI is InChI=1S/C35H32N4O5/c1-22-8-6-7-11-29(22)36-35-37-30-17-12-23(18-31(30)44-35)19-32(40)38(2)26-15-13-24(14-16-26)27-20-39(21-28(27)34(42)43)33(41)25-9-4-3-5-10-25/h3-18,27-28H,19-21H2,1-2H3,(H,36,37)(H,42,43). The van der Waals surface area contributed by atoms with E-state index in [2.05, 4.69) is 10.3 Å². The molecule has 1 saturated heterocycles. The number of carbonyl (C=O) groups is 3. The highest BCUT2D eigenvalue weighted by atomic mass is 16.4. The molecule has 1 aliphatic heterocycles. The van der Waals surface area contributed by atoms with Gasteiger partial charge in [-0.05, 0) is 66.1 Å². The average molecular weight is 589 g/mol. The largest absolute Gasteiger partial charge is 0.481 e. The summed E-state index contributed by atoms with van der Waals surface area (Å²) in [5, 5.41) is 13.1. The molecular formula is C35H32N4O5. The third kappa shape index (κ3) is 5.89. The van der Waals surface area contributed by atoms with Crippen LogP contribution in [0.1, 0.15) is 33.0 Å². The third-order valence-electron chi connectivity index (χ3n) is 8.22. The SMILES string of the molecule is Cc1ccccc1Nc1nc2ccc(CC(=O)N(C)c3ccc(C4CN(C(=O)c5ccccc5)CC4C(=O)O)cc3)cc2o1. The lowest BCUT2D eigenvalue weighted by molar-refractivity contribution is -0.141. The number of carboxylic acids is 1. The number of anilines is 3. The number of likely N-dealkylation sites (N-methyl/N-ethyl adjacent to an activating group) is 1. The molecule has 44 heavy (non-hydrogen) atoms. The Hall–Kier alpha value is -5.44. The molecule has 0 aliphatic carbocycles. The minimum absolute atomic E-state index is 0.112. The minimum Gasteiger partial charge on any atom is -0.481 e. The normalized spacial score (nSPS) is 16.2. The lowest BCUT2D eigenvalue weighted by Gasteiger charge is -2.20. The summed E-state index contributed by atoms with van der Waals surface area (Å²) in [7, 11) is 1.71. The molecule has 9 heteroatoms. The van der Waals surface area contributed by atoms with Crippen LogP contribution in [0, 0.1) is 12.8 Å². The first-order chi connectivity index (χ1) is 21.3. The number of likely N-dealkylation sites (tertiary alicyclic amines) is 1. The van der Waals surface area contributed by atoms with Crippen LogP contribution in [-0.2, 0) is 16.0 Å². The lowest BCUT2D eigenvalue weighted by atomic mass is 9.89. The van der Waals surface area contributed by atoms with Crippen LogP contribution < -0.4 is 10.2 Å². The van der Waals surface area contributed by atoms with E-state index in [0.29, 0.717) is 34.9 Å². The van der Waals surface area contributed by atoms with E-state index in [1.54, 1.807) is 41.1 Å². The third-order valence-corrected chi connectivity index (χ3v) is 8.22. The molecule has 1 aliphatic rings. The summed E-state index contributed by atoms with van der Waals surface area (Å²) >= 11 is 0. The number of carboxylic acid groups (broad SMARTS) is 1. The predicted molar refractivity (Wildman–Crippen MR) is 168 cm³/mol. The Balaban J connectivity index is 1.12. The van der Waals surface area contributed by atoms with Gasteiger partial charge in [-0.15, -0.1) is 0 Å². The average Bonchev–Trinajstić information content (AvgIpc) is 3.66. The van der Waals surface area contributed by atoms with Gasteiger partial charge in [-0.25, -0.2) is 0 Å². The molecule has 2 amide bonds. The molecule has 0 saturated carbocycles. The van der Waals surface area contributed by atoms with Crippen molar-refractivity contribution in [2.45, 2.75) is 19.3 Å². The summed E-state index contributed by atoms with van der Waals surface area (Å²) in [6.45, 7) is 2.46. The fraction of sp³-hybridized carbons (Fsp3) is 0.200. The predicted octanol–water partition coefficient (Wildman–Crippen LogP) is 6.03. The van der Waals surface area contributed by atoms with Crippen molar-refractivity contribution >= 4 is 46.3 Å². The molecule has 2 N–H and O–H groups in total. The maximum absolute atomic E-state index is 13.2. The zero-order valence-electron chi connectivity index (χ0n) is 24.4. The molecule has 5 aromatic rings. The number of hydrogen-bond acceptors (Lipinski definition) is 6. The number of para-hydroxylation sites is 1. The highest BCUT2D eigenvalue weighted by molar-refractivity contribution is 5.95. The van der Waals surface area contributed by atoms with Crippen LogP contribution in [0.15, 0.2) is 101 Å². The second-order valence-electron chi connectivity index (χ2n) is 11.1. The smallest absolute Gasteiger partial charge is 0.308 e. The van der Waals surface area contributed by atoms with Gasteiger partial charge in [0.25, 0.3) is 11.9 Å². The Morgan fingerprint density at radius 2 is 1.68 bits per heavy atom. The Morgan fingerprint density at radius 1 is 0.955 bits per heavy atom. The van der Waals surface area contributed by atoms with Crippen LogP contribution in [0.2, 0.25) is 0 Å². The number of rotatable bonds is 8. The number of aliphatic carboxylic acids is 1.